The predicted molar refractivity (Wildman–Crippen MR) is 78.4 cm³/mol. The Morgan fingerprint density at radius 2 is 1.78 bits per heavy atom. The summed E-state index contributed by atoms with van der Waals surface area (Å²) in [5.74, 6) is 0.104. The van der Waals surface area contributed by atoms with Crippen LogP contribution in [0.15, 0.2) is 10.9 Å². The van der Waals surface area contributed by atoms with Crippen LogP contribution in [0.3, 0.4) is 0 Å². The lowest BCUT2D eigenvalue weighted by molar-refractivity contribution is 0.839. The molecule has 0 aliphatic heterocycles. The van der Waals surface area contributed by atoms with Crippen molar-refractivity contribution < 1.29 is 0 Å². The van der Waals surface area contributed by atoms with Gasteiger partial charge >= 0.3 is 0 Å². The number of nitrogens with one attached hydrogen (secondary N) is 1. The van der Waals surface area contributed by atoms with E-state index < -0.39 is 0 Å². The quantitative estimate of drug-likeness (QED) is 0.745. The average molecular weight is 305 g/mol. The molecule has 2 aromatic rings. The van der Waals surface area contributed by atoms with Gasteiger partial charge in [0.25, 0.3) is 0 Å². The Bertz CT molecular complexity index is 689. The molecule has 0 spiro atoms. The Morgan fingerprint density at radius 1 is 1.17 bits per heavy atom. The van der Waals surface area contributed by atoms with Crippen molar-refractivity contribution in [3.05, 3.63) is 42.6 Å². The minimum absolute atomic E-state index is 0.104. The fourth-order valence-corrected chi connectivity index (χ4v) is 2.93. The van der Waals surface area contributed by atoms with Gasteiger partial charge in [0.15, 0.2) is 5.43 Å². The standard InChI is InChI=1S/C13H12Cl3NO/c1-5(2)9-6(3)17-12-8(15)4-7(14)11(16)10(12)13(9)18/h4-5H,1-3H3,(H,17,18). The fourth-order valence-electron chi connectivity index (χ4n) is 2.19. The van der Waals surface area contributed by atoms with Gasteiger partial charge < -0.3 is 4.98 Å². The van der Waals surface area contributed by atoms with Gasteiger partial charge in [0, 0.05) is 11.3 Å². The van der Waals surface area contributed by atoms with Gasteiger partial charge in [-0.3, -0.25) is 4.79 Å². The van der Waals surface area contributed by atoms with Crippen molar-refractivity contribution in [3.63, 3.8) is 0 Å². The molecule has 0 atom stereocenters. The molecule has 0 bridgehead atoms. The maximum Gasteiger partial charge on any atom is 0.194 e. The van der Waals surface area contributed by atoms with Gasteiger partial charge in [0.2, 0.25) is 0 Å². The summed E-state index contributed by atoms with van der Waals surface area (Å²) in [6.45, 7) is 5.78. The molecule has 0 saturated carbocycles. The van der Waals surface area contributed by atoms with Crippen molar-refractivity contribution in [2.24, 2.45) is 0 Å². The molecule has 2 rings (SSSR count). The van der Waals surface area contributed by atoms with Crippen LogP contribution in [0.4, 0.5) is 0 Å². The number of aromatic amines is 1. The van der Waals surface area contributed by atoms with E-state index in [-0.39, 0.29) is 16.4 Å². The van der Waals surface area contributed by atoms with Crippen LogP contribution in [0, 0.1) is 6.92 Å². The molecule has 18 heavy (non-hydrogen) atoms. The maximum atomic E-state index is 12.5. The van der Waals surface area contributed by atoms with Gasteiger partial charge in [0.1, 0.15) is 0 Å². The third kappa shape index (κ3) is 2.03. The third-order valence-corrected chi connectivity index (χ3v) is 4.02. The second-order valence-electron chi connectivity index (χ2n) is 4.55. The van der Waals surface area contributed by atoms with E-state index in [0.717, 1.165) is 5.69 Å². The number of aryl methyl sites for hydroxylation is 1. The minimum atomic E-state index is -0.106. The number of fused-ring (bicyclic) bond motifs is 1. The van der Waals surface area contributed by atoms with Gasteiger partial charge in [-0.05, 0) is 18.9 Å². The van der Waals surface area contributed by atoms with Crippen LogP contribution >= 0.6 is 34.8 Å². The highest BCUT2D eigenvalue weighted by atomic mass is 35.5. The highest BCUT2D eigenvalue weighted by Gasteiger charge is 2.18. The summed E-state index contributed by atoms with van der Waals surface area (Å²) < 4.78 is 0. The Balaban J connectivity index is 3.07. The molecule has 0 amide bonds. The number of H-pyrrole nitrogens is 1. The van der Waals surface area contributed by atoms with E-state index in [4.69, 9.17) is 34.8 Å². The van der Waals surface area contributed by atoms with E-state index in [1.165, 1.54) is 6.07 Å². The lowest BCUT2D eigenvalue weighted by Crippen LogP contribution is -2.15. The summed E-state index contributed by atoms with van der Waals surface area (Å²) in [5.41, 5.74) is 1.95. The first-order chi connectivity index (χ1) is 8.34. The van der Waals surface area contributed by atoms with Crippen molar-refractivity contribution >= 4 is 45.7 Å². The van der Waals surface area contributed by atoms with Crippen molar-refractivity contribution in [1.82, 2.24) is 4.98 Å². The second kappa shape index (κ2) is 4.76. The molecule has 0 fully saturated rings. The zero-order chi connectivity index (χ0) is 13.6. The van der Waals surface area contributed by atoms with Gasteiger partial charge in [-0.25, -0.2) is 0 Å². The number of rotatable bonds is 1. The number of aromatic nitrogens is 1. The molecule has 1 heterocycles. The molecule has 96 valence electrons. The molecule has 5 heteroatoms. The fraction of sp³-hybridized carbons (Fsp3) is 0.308. The first-order valence-electron chi connectivity index (χ1n) is 5.54. The van der Waals surface area contributed by atoms with Crippen LogP contribution in [0.25, 0.3) is 10.9 Å². The summed E-state index contributed by atoms with van der Waals surface area (Å²) in [5, 5.41) is 1.30. The second-order valence-corrected chi connectivity index (χ2v) is 5.74. The van der Waals surface area contributed by atoms with E-state index in [0.29, 0.717) is 26.5 Å². The monoisotopic (exact) mass is 303 g/mol. The number of pyridine rings is 1. The average Bonchev–Trinajstić information content (AvgIpc) is 2.25. The lowest BCUT2D eigenvalue weighted by Gasteiger charge is -2.13. The van der Waals surface area contributed by atoms with E-state index in [1.807, 2.05) is 20.8 Å². The Kier molecular flexibility index (Phi) is 3.63. The van der Waals surface area contributed by atoms with Crippen LogP contribution in [0.2, 0.25) is 15.1 Å². The molecule has 2 nitrogen and oxygen atoms in total. The predicted octanol–water partition coefficient (Wildman–Crippen LogP) is 4.92. The SMILES string of the molecule is Cc1[nH]c2c(Cl)cc(Cl)c(Cl)c2c(=O)c1C(C)C. The van der Waals surface area contributed by atoms with Crippen LogP contribution in [-0.4, -0.2) is 4.98 Å². The summed E-state index contributed by atoms with van der Waals surface area (Å²) in [6, 6.07) is 1.54. The molecule has 1 aromatic carbocycles. The van der Waals surface area contributed by atoms with E-state index >= 15 is 0 Å². The van der Waals surface area contributed by atoms with Crippen molar-refractivity contribution in [1.29, 1.82) is 0 Å². The van der Waals surface area contributed by atoms with Crippen LogP contribution < -0.4 is 5.43 Å². The van der Waals surface area contributed by atoms with Crippen molar-refractivity contribution in [2.45, 2.75) is 26.7 Å². The lowest BCUT2D eigenvalue weighted by atomic mass is 9.99. The zero-order valence-corrected chi connectivity index (χ0v) is 12.5. The highest BCUT2D eigenvalue weighted by molar-refractivity contribution is 6.47. The summed E-state index contributed by atoms with van der Waals surface area (Å²) in [6.07, 6.45) is 0. The van der Waals surface area contributed by atoms with Crippen LogP contribution in [-0.2, 0) is 0 Å². The van der Waals surface area contributed by atoms with E-state index in [1.54, 1.807) is 0 Å². The number of hydrogen-bond donors (Lipinski definition) is 1. The Morgan fingerprint density at radius 3 is 2.33 bits per heavy atom. The molecule has 0 unspecified atom stereocenters. The zero-order valence-electron chi connectivity index (χ0n) is 10.2. The maximum absolute atomic E-state index is 12.5. The largest absolute Gasteiger partial charge is 0.357 e. The van der Waals surface area contributed by atoms with E-state index in [2.05, 4.69) is 4.98 Å². The molecule has 1 N–H and O–H groups in total. The highest BCUT2D eigenvalue weighted by Crippen LogP contribution is 2.34. The van der Waals surface area contributed by atoms with Crippen molar-refractivity contribution in [2.75, 3.05) is 0 Å². The van der Waals surface area contributed by atoms with Crippen molar-refractivity contribution in [3.8, 4) is 0 Å². The van der Waals surface area contributed by atoms with Gasteiger partial charge in [-0.2, -0.15) is 0 Å². The molecule has 0 radical (unpaired) electrons. The molecule has 0 aliphatic carbocycles. The first-order valence-corrected chi connectivity index (χ1v) is 6.68. The van der Waals surface area contributed by atoms with Crippen LogP contribution in [0.5, 0.6) is 0 Å². The first kappa shape index (κ1) is 13.7. The number of halogens is 3. The summed E-state index contributed by atoms with van der Waals surface area (Å²) >= 11 is 18.2. The molecular weight excluding hydrogens is 293 g/mol. The smallest absolute Gasteiger partial charge is 0.194 e. The van der Waals surface area contributed by atoms with Gasteiger partial charge in [0.05, 0.1) is 26.0 Å². The molecule has 0 aliphatic rings. The minimum Gasteiger partial charge on any atom is -0.357 e. The summed E-state index contributed by atoms with van der Waals surface area (Å²) in [7, 11) is 0. The van der Waals surface area contributed by atoms with Gasteiger partial charge in [-0.15, -0.1) is 0 Å². The molecular formula is C13H12Cl3NO. The number of benzene rings is 1. The molecule has 0 saturated heterocycles. The van der Waals surface area contributed by atoms with Crippen LogP contribution in [0.1, 0.15) is 31.0 Å². The summed E-state index contributed by atoms with van der Waals surface area (Å²) in [4.78, 5) is 15.6. The normalized spacial score (nSPS) is 11.5. The Labute approximate surface area is 120 Å². The third-order valence-electron chi connectivity index (χ3n) is 2.94. The van der Waals surface area contributed by atoms with E-state index in [9.17, 15) is 4.79 Å². The van der Waals surface area contributed by atoms with Gasteiger partial charge in [-0.1, -0.05) is 48.7 Å². The molecule has 1 aromatic heterocycles. The topological polar surface area (TPSA) is 32.9 Å². The number of hydrogen-bond acceptors (Lipinski definition) is 1. The Hall–Kier alpha value is -0.700.